The molecule has 4 heteroatoms. The van der Waals surface area contributed by atoms with Gasteiger partial charge in [0.2, 0.25) is 0 Å². The molecule has 1 aliphatic heterocycles. The Morgan fingerprint density at radius 1 is 1.71 bits per heavy atom. The van der Waals surface area contributed by atoms with E-state index < -0.39 is 10.7 Å². The number of ether oxygens (including phenoxy) is 1. The van der Waals surface area contributed by atoms with Crippen LogP contribution < -0.4 is 0 Å². The lowest BCUT2D eigenvalue weighted by atomic mass is 10.5. The van der Waals surface area contributed by atoms with E-state index in [0.29, 0.717) is 6.61 Å². The highest BCUT2D eigenvalue weighted by molar-refractivity contribution is 6.47. The molecule has 1 nitrogen and oxygen atoms in total. The van der Waals surface area contributed by atoms with Crippen molar-refractivity contribution in [2.45, 2.75) is 10.7 Å². The highest BCUT2D eigenvalue weighted by Gasteiger charge is 2.44. The molecule has 42 valence electrons. The molecular formula is C3H3Cl2FO. The van der Waals surface area contributed by atoms with E-state index in [1.807, 2.05) is 0 Å². The molecule has 7 heavy (non-hydrogen) atoms. The molecule has 1 rings (SSSR count). The van der Waals surface area contributed by atoms with Crippen molar-refractivity contribution >= 4 is 23.2 Å². The van der Waals surface area contributed by atoms with Crippen molar-refractivity contribution in [3.05, 3.63) is 0 Å². The Kier molecular flexibility index (Phi) is 1.18. The first-order valence-electron chi connectivity index (χ1n) is 1.79. The Bertz CT molecular complexity index is 75.5. The van der Waals surface area contributed by atoms with Crippen LogP contribution >= 0.6 is 23.2 Å². The molecule has 0 aromatic heterocycles. The van der Waals surface area contributed by atoms with Gasteiger partial charge in [-0.1, -0.05) is 23.2 Å². The van der Waals surface area contributed by atoms with Gasteiger partial charge in [-0.15, -0.1) is 0 Å². The van der Waals surface area contributed by atoms with Gasteiger partial charge >= 0.3 is 0 Å². The zero-order valence-electron chi connectivity index (χ0n) is 3.33. The number of hydrogen-bond acceptors (Lipinski definition) is 1. The lowest BCUT2D eigenvalue weighted by Crippen LogP contribution is -2.12. The highest BCUT2D eigenvalue weighted by atomic mass is 35.5. The fraction of sp³-hybridized carbons (Fsp3) is 1.00. The predicted molar refractivity (Wildman–Crippen MR) is 25.3 cm³/mol. The van der Waals surface area contributed by atoms with Crippen molar-refractivity contribution < 1.29 is 9.13 Å². The maximum atomic E-state index is 12.0. The Labute approximate surface area is 50.3 Å². The molecule has 0 aromatic carbocycles. The zero-order chi connectivity index (χ0) is 5.49. The van der Waals surface area contributed by atoms with E-state index in [0.717, 1.165) is 0 Å². The van der Waals surface area contributed by atoms with Gasteiger partial charge in [0, 0.05) is 0 Å². The summed E-state index contributed by atoms with van der Waals surface area (Å²) < 4.78 is 14.2. The van der Waals surface area contributed by atoms with Crippen LogP contribution in [0.15, 0.2) is 0 Å². The molecular weight excluding hydrogens is 142 g/mol. The smallest absolute Gasteiger partial charge is 0.285 e. The third kappa shape index (κ3) is 1.44. The molecule has 0 aliphatic carbocycles. The van der Waals surface area contributed by atoms with Gasteiger partial charge in [0.25, 0.3) is 4.59 Å². The maximum absolute atomic E-state index is 12.0. The van der Waals surface area contributed by atoms with Gasteiger partial charge < -0.3 is 4.74 Å². The minimum absolute atomic E-state index is 0.337. The maximum Gasteiger partial charge on any atom is 0.285 e. The number of epoxide rings is 1. The van der Waals surface area contributed by atoms with Gasteiger partial charge in [-0.2, -0.15) is 0 Å². The molecule has 1 unspecified atom stereocenters. The molecule has 1 aliphatic rings. The first-order valence-corrected chi connectivity index (χ1v) is 2.54. The highest BCUT2D eigenvalue weighted by Crippen LogP contribution is 2.35. The van der Waals surface area contributed by atoms with Crippen LogP contribution in [0.4, 0.5) is 4.39 Å². The van der Waals surface area contributed by atoms with Gasteiger partial charge in [-0.25, -0.2) is 4.39 Å². The van der Waals surface area contributed by atoms with Crippen LogP contribution in [0.1, 0.15) is 0 Å². The van der Waals surface area contributed by atoms with E-state index in [1.54, 1.807) is 0 Å². The summed E-state index contributed by atoms with van der Waals surface area (Å²) in [4.78, 5) is 0. The van der Waals surface area contributed by atoms with E-state index in [9.17, 15) is 4.39 Å². The minimum atomic E-state index is -2.17. The number of rotatable bonds is 1. The average molecular weight is 145 g/mol. The first kappa shape index (κ1) is 5.60. The summed E-state index contributed by atoms with van der Waals surface area (Å²) in [5.41, 5.74) is 0. The SMILES string of the molecule is FC(Cl)(Cl)C1CO1. The molecule has 0 amide bonds. The summed E-state index contributed by atoms with van der Waals surface area (Å²) in [5.74, 6) is 0. The van der Waals surface area contributed by atoms with Crippen molar-refractivity contribution in [3.8, 4) is 0 Å². The van der Waals surface area contributed by atoms with Crippen LogP contribution in [0.3, 0.4) is 0 Å². The average Bonchev–Trinajstić information content (AvgIpc) is 1.99. The largest absolute Gasteiger partial charge is 0.367 e. The Balaban J connectivity index is 2.36. The van der Waals surface area contributed by atoms with Gasteiger partial charge in [-0.05, 0) is 0 Å². The Morgan fingerprint density at radius 2 is 2.14 bits per heavy atom. The molecule has 1 heterocycles. The van der Waals surface area contributed by atoms with E-state index in [1.165, 1.54) is 0 Å². The molecule has 0 N–H and O–H groups in total. The number of alkyl halides is 3. The molecule has 0 aromatic rings. The predicted octanol–water partition coefficient (Wildman–Crippen LogP) is 1.49. The standard InChI is InChI=1S/C3H3Cl2FO/c4-3(5,6)2-1-7-2/h2H,1H2. The third-order valence-corrected chi connectivity index (χ3v) is 1.19. The quantitative estimate of drug-likeness (QED) is 0.402. The lowest BCUT2D eigenvalue weighted by molar-refractivity contribution is 0.285. The number of halogens is 3. The van der Waals surface area contributed by atoms with Crippen molar-refractivity contribution in [3.63, 3.8) is 0 Å². The summed E-state index contributed by atoms with van der Waals surface area (Å²) >= 11 is 9.81. The van der Waals surface area contributed by atoms with Crippen LogP contribution in [-0.2, 0) is 4.74 Å². The summed E-state index contributed by atoms with van der Waals surface area (Å²) in [6, 6.07) is 0. The molecule has 0 radical (unpaired) electrons. The second-order valence-corrected chi connectivity index (χ2v) is 2.66. The second-order valence-electron chi connectivity index (χ2n) is 1.36. The Morgan fingerprint density at radius 3 is 2.14 bits per heavy atom. The molecule has 0 spiro atoms. The number of hydrogen-bond donors (Lipinski definition) is 0. The van der Waals surface area contributed by atoms with E-state index in [-0.39, 0.29) is 0 Å². The normalized spacial score (nSPS) is 30.4. The summed E-state index contributed by atoms with van der Waals surface area (Å²) in [6.45, 7) is 0.337. The van der Waals surface area contributed by atoms with Crippen molar-refractivity contribution in [1.82, 2.24) is 0 Å². The summed E-state index contributed by atoms with van der Waals surface area (Å²) in [7, 11) is 0. The zero-order valence-corrected chi connectivity index (χ0v) is 4.84. The van der Waals surface area contributed by atoms with E-state index >= 15 is 0 Å². The van der Waals surface area contributed by atoms with Crippen LogP contribution in [0, 0.1) is 0 Å². The fourth-order valence-electron chi connectivity index (χ4n) is 0.237. The topological polar surface area (TPSA) is 12.5 Å². The minimum Gasteiger partial charge on any atom is -0.367 e. The summed E-state index contributed by atoms with van der Waals surface area (Å²) in [6.07, 6.45) is -0.587. The van der Waals surface area contributed by atoms with Crippen molar-refractivity contribution in [2.24, 2.45) is 0 Å². The van der Waals surface area contributed by atoms with Gasteiger partial charge in [-0.3, -0.25) is 0 Å². The molecule has 1 atom stereocenters. The van der Waals surface area contributed by atoms with E-state index in [4.69, 9.17) is 23.2 Å². The van der Waals surface area contributed by atoms with Crippen LogP contribution in [0.25, 0.3) is 0 Å². The molecule has 1 saturated heterocycles. The van der Waals surface area contributed by atoms with Crippen molar-refractivity contribution in [2.75, 3.05) is 6.61 Å². The van der Waals surface area contributed by atoms with Crippen LogP contribution in [0.5, 0.6) is 0 Å². The molecule has 0 saturated carbocycles. The second kappa shape index (κ2) is 1.47. The third-order valence-electron chi connectivity index (χ3n) is 0.698. The summed E-state index contributed by atoms with van der Waals surface area (Å²) in [5, 5.41) is 0. The van der Waals surface area contributed by atoms with Gasteiger partial charge in [0.05, 0.1) is 6.61 Å². The van der Waals surface area contributed by atoms with Gasteiger partial charge in [0.1, 0.15) is 6.10 Å². The molecule has 0 bridgehead atoms. The van der Waals surface area contributed by atoms with Gasteiger partial charge in [0.15, 0.2) is 0 Å². The lowest BCUT2D eigenvalue weighted by Gasteiger charge is -2.00. The van der Waals surface area contributed by atoms with Crippen molar-refractivity contribution in [1.29, 1.82) is 0 Å². The van der Waals surface area contributed by atoms with Crippen LogP contribution in [0.2, 0.25) is 0 Å². The monoisotopic (exact) mass is 144 g/mol. The molecule has 1 fully saturated rings. The first-order chi connectivity index (χ1) is 3.11. The van der Waals surface area contributed by atoms with Crippen LogP contribution in [-0.4, -0.2) is 17.3 Å². The van der Waals surface area contributed by atoms with E-state index in [2.05, 4.69) is 4.74 Å². The fourth-order valence-corrected chi connectivity index (χ4v) is 0.489. The Hall–Kier alpha value is 0.470.